The SMILES string of the molecule is CC(=NNC(=O)c1ccncc1)c1ccc(-c2ccccc2)cc1. The lowest BCUT2D eigenvalue weighted by Gasteiger charge is -2.05. The average Bonchev–Trinajstić information content (AvgIpc) is 2.67. The maximum atomic E-state index is 12.0. The van der Waals surface area contributed by atoms with Gasteiger partial charge in [-0.3, -0.25) is 9.78 Å². The number of benzene rings is 2. The third kappa shape index (κ3) is 3.73. The molecule has 3 rings (SSSR count). The number of hydrogen-bond donors (Lipinski definition) is 1. The molecule has 2 aromatic carbocycles. The summed E-state index contributed by atoms with van der Waals surface area (Å²) in [6, 6.07) is 21.6. The lowest BCUT2D eigenvalue weighted by atomic mass is 10.0. The van der Waals surface area contributed by atoms with Crippen molar-refractivity contribution in [1.82, 2.24) is 10.4 Å². The van der Waals surface area contributed by atoms with E-state index >= 15 is 0 Å². The van der Waals surface area contributed by atoms with Crippen LogP contribution in [0, 0.1) is 0 Å². The van der Waals surface area contributed by atoms with Gasteiger partial charge < -0.3 is 0 Å². The zero-order valence-corrected chi connectivity index (χ0v) is 13.3. The zero-order chi connectivity index (χ0) is 16.8. The molecule has 0 radical (unpaired) electrons. The van der Waals surface area contributed by atoms with Crippen LogP contribution in [0.3, 0.4) is 0 Å². The standard InChI is InChI=1S/C20H17N3O/c1-15(22-23-20(24)19-11-13-21-14-12-19)16-7-9-18(10-8-16)17-5-3-2-4-6-17/h2-14H,1H3,(H,23,24). The summed E-state index contributed by atoms with van der Waals surface area (Å²) in [5.74, 6) is -0.252. The highest BCUT2D eigenvalue weighted by Gasteiger charge is 2.04. The molecule has 0 aliphatic rings. The first-order valence-electron chi connectivity index (χ1n) is 7.64. The molecular weight excluding hydrogens is 298 g/mol. The second-order valence-electron chi connectivity index (χ2n) is 5.32. The molecule has 1 aromatic heterocycles. The smallest absolute Gasteiger partial charge is 0.267 e. The van der Waals surface area contributed by atoms with Gasteiger partial charge in [0.05, 0.1) is 5.71 Å². The van der Waals surface area contributed by atoms with Crippen LogP contribution in [0.2, 0.25) is 0 Å². The summed E-state index contributed by atoms with van der Waals surface area (Å²) in [6.45, 7) is 1.87. The Labute approximate surface area is 140 Å². The molecule has 0 saturated carbocycles. The van der Waals surface area contributed by atoms with E-state index in [4.69, 9.17) is 0 Å². The number of nitrogens with one attached hydrogen (secondary N) is 1. The van der Waals surface area contributed by atoms with E-state index in [0.29, 0.717) is 5.56 Å². The zero-order valence-electron chi connectivity index (χ0n) is 13.3. The summed E-state index contributed by atoms with van der Waals surface area (Å²) < 4.78 is 0. The van der Waals surface area contributed by atoms with Gasteiger partial charge in [0.1, 0.15) is 0 Å². The fourth-order valence-electron chi connectivity index (χ4n) is 2.30. The molecule has 0 atom stereocenters. The Bertz CT molecular complexity index is 841. The predicted molar refractivity (Wildman–Crippen MR) is 95.8 cm³/mol. The molecule has 1 amide bonds. The summed E-state index contributed by atoms with van der Waals surface area (Å²) in [6.07, 6.45) is 3.15. The van der Waals surface area contributed by atoms with Crippen LogP contribution in [-0.2, 0) is 0 Å². The number of amides is 1. The van der Waals surface area contributed by atoms with E-state index in [1.54, 1.807) is 24.5 Å². The summed E-state index contributed by atoms with van der Waals surface area (Å²) >= 11 is 0. The predicted octanol–water partition coefficient (Wildman–Crippen LogP) is 3.90. The van der Waals surface area contributed by atoms with Crippen LogP contribution in [0.5, 0.6) is 0 Å². The number of nitrogens with zero attached hydrogens (tertiary/aromatic N) is 2. The molecule has 1 heterocycles. The topological polar surface area (TPSA) is 54.4 Å². The lowest BCUT2D eigenvalue weighted by molar-refractivity contribution is 0.0954. The molecule has 0 bridgehead atoms. The van der Waals surface area contributed by atoms with Gasteiger partial charge in [0.15, 0.2) is 0 Å². The first kappa shape index (κ1) is 15.6. The molecule has 0 saturated heterocycles. The first-order valence-corrected chi connectivity index (χ1v) is 7.64. The average molecular weight is 315 g/mol. The normalized spacial score (nSPS) is 11.1. The maximum absolute atomic E-state index is 12.0. The quantitative estimate of drug-likeness (QED) is 0.586. The third-order valence-corrected chi connectivity index (χ3v) is 3.68. The minimum absolute atomic E-state index is 0.252. The molecule has 118 valence electrons. The molecule has 4 heteroatoms. The second-order valence-corrected chi connectivity index (χ2v) is 5.32. The summed E-state index contributed by atoms with van der Waals surface area (Å²) in [5, 5.41) is 4.17. The van der Waals surface area contributed by atoms with Crippen molar-refractivity contribution in [3.63, 3.8) is 0 Å². The van der Waals surface area contributed by atoms with Crippen molar-refractivity contribution in [2.24, 2.45) is 5.10 Å². The Kier molecular flexibility index (Phi) is 4.77. The fraction of sp³-hybridized carbons (Fsp3) is 0.0500. The van der Waals surface area contributed by atoms with Crippen LogP contribution in [0.15, 0.2) is 84.2 Å². The van der Waals surface area contributed by atoms with E-state index in [9.17, 15) is 4.79 Å². The van der Waals surface area contributed by atoms with E-state index in [1.807, 2.05) is 49.4 Å². The van der Waals surface area contributed by atoms with Crippen molar-refractivity contribution < 1.29 is 4.79 Å². The van der Waals surface area contributed by atoms with Crippen LogP contribution < -0.4 is 5.43 Å². The van der Waals surface area contributed by atoms with E-state index in [1.165, 1.54) is 5.56 Å². The molecule has 3 aromatic rings. The van der Waals surface area contributed by atoms with Gasteiger partial charge in [0.25, 0.3) is 5.91 Å². The number of hydrogen-bond acceptors (Lipinski definition) is 3. The van der Waals surface area contributed by atoms with Crippen LogP contribution in [0.4, 0.5) is 0 Å². The molecule has 1 N–H and O–H groups in total. The van der Waals surface area contributed by atoms with E-state index in [2.05, 4.69) is 27.6 Å². The van der Waals surface area contributed by atoms with E-state index in [-0.39, 0.29) is 5.91 Å². The van der Waals surface area contributed by atoms with Crippen molar-refractivity contribution in [2.45, 2.75) is 6.92 Å². The van der Waals surface area contributed by atoms with Gasteiger partial charge in [0, 0.05) is 18.0 Å². The van der Waals surface area contributed by atoms with Crippen LogP contribution >= 0.6 is 0 Å². The molecule has 0 spiro atoms. The molecule has 4 nitrogen and oxygen atoms in total. The summed E-state index contributed by atoms with van der Waals surface area (Å²) in [5.41, 5.74) is 7.12. The number of aromatic nitrogens is 1. The van der Waals surface area contributed by atoms with Crippen LogP contribution in [0.1, 0.15) is 22.8 Å². The van der Waals surface area contributed by atoms with Crippen molar-refractivity contribution in [2.75, 3.05) is 0 Å². The largest absolute Gasteiger partial charge is 0.271 e. The molecule has 0 aliphatic heterocycles. The third-order valence-electron chi connectivity index (χ3n) is 3.68. The minimum Gasteiger partial charge on any atom is -0.267 e. The van der Waals surface area contributed by atoms with Gasteiger partial charge in [0.2, 0.25) is 0 Å². The van der Waals surface area contributed by atoms with Crippen molar-refractivity contribution in [1.29, 1.82) is 0 Å². The van der Waals surface area contributed by atoms with Crippen LogP contribution in [-0.4, -0.2) is 16.6 Å². The Hall–Kier alpha value is -3.27. The lowest BCUT2D eigenvalue weighted by Crippen LogP contribution is -2.19. The molecule has 0 unspecified atom stereocenters. The number of hydrazone groups is 1. The summed E-state index contributed by atoms with van der Waals surface area (Å²) in [4.78, 5) is 15.9. The highest BCUT2D eigenvalue weighted by atomic mass is 16.2. The molecule has 24 heavy (non-hydrogen) atoms. The van der Waals surface area contributed by atoms with Gasteiger partial charge >= 0.3 is 0 Å². The highest BCUT2D eigenvalue weighted by molar-refractivity contribution is 6.01. The van der Waals surface area contributed by atoms with Gasteiger partial charge in [-0.15, -0.1) is 0 Å². The van der Waals surface area contributed by atoms with Crippen LogP contribution in [0.25, 0.3) is 11.1 Å². The van der Waals surface area contributed by atoms with Gasteiger partial charge in [-0.2, -0.15) is 5.10 Å². The Morgan fingerprint density at radius 1 is 0.833 bits per heavy atom. The van der Waals surface area contributed by atoms with Gasteiger partial charge in [-0.25, -0.2) is 5.43 Å². The van der Waals surface area contributed by atoms with Crippen molar-refractivity contribution >= 4 is 11.6 Å². The maximum Gasteiger partial charge on any atom is 0.271 e. The first-order chi connectivity index (χ1) is 11.7. The summed E-state index contributed by atoms with van der Waals surface area (Å²) in [7, 11) is 0. The Morgan fingerprint density at radius 3 is 2.12 bits per heavy atom. The minimum atomic E-state index is -0.252. The molecule has 0 fully saturated rings. The fourth-order valence-corrected chi connectivity index (χ4v) is 2.30. The Morgan fingerprint density at radius 2 is 1.46 bits per heavy atom. The van der Waals surface area contributed by atoms with Crippen molar-refractivity contribution in [3.05, 3.63) is 90.3 Å². The Balaban J connectivity index is 1.71. The van der Waals surface area contributed by atoms with Gasteiger partial charge in [-0.05, 0) is 35.7 Å². The molecule has 0 aliphatic carbocycles. The number of rotatable bonds is 4. The second kappa shape index (κ2) is 7.33. The van der Waals surface area contributed by atoms with E-state index < -0.39 is 0 Å². The molecular formula is C20H17N3O. The van der Waals surface area contributed by atoms with Gasteiger partial charge in [-0.1, -0.05) is 54.6 Å². The highest BCUT2D eigenvalue weighted by Crippen LogP contribution is 2.19. The van der Waals surface area contributed by atoms with E-state index in [0.717, 1.165) is 16.8 Å². The number of pyridine rings is 1. The monoisotopic (exact) mass is 315 g/mol. The van der Waals surface area contributed by atoms with Crippen molar-refractivity contribution in [3.8, 4) is 11.1 Å². The number of carbonyl (C=O) groups is 1. The number of carbonyl (C=O) groups excluding carboxylic acids is 1.